The number of anilines is 1. The fourth-order valence-corrected chi connectivity index (χ4v) is 2.98. The number of nitrogens with zero attached hydrogens (tertiary/aromatic N) is 2. The van der Waals surface area contributed by atoms with Crippen LogP contribution in [0.1, 0.15) is 5.69 Å². The van der Waals surface area contributed by atoms with Crippen LogP contribution in [0, 0.1) is 5.82 Å². The van der Waals surface area contributed by atoms with E-state index in [-0.39, 0.29) is 18.3 Å². The first-order valence-electron chi connectivity index (χ1n) is 8.67. The molecule has 0 unspecified atom stereocenters. The average molecular weight is 353 g/mol. The number of halogens is 1. The summed E-state index contributed by atoms with van der Waals surface area (Å²) >= 11 is 0. The molecule has 2 heterocycles. The van der Waals surface area contributed by atoms with Gasteiger partial charge in [-0.25, -0.2) is 9.37 Å². The van der Waals surface area contributed by atoms with Crippen LogP contribution in [0.3, 0.4) is 0 Å². The third-order valence-corrected chi connectivity index (χ3v) is 4.34. The van der Waals surface area contributed by atoms with Gasteiger partial charge in [-0.1, -0.05) is 18.2 Å². The van der Waals surface area contributed by atoms with E-state index in [9.17, 15) is 4.39 Å². The highest BCUT2D eigenvalue weighted by molar-refractivity contribution is 5.54. The summed E-state index contributed by atoms with van der Waals surface area (Å²) in [6.45, 7) is 4.21. The molecule has 26 heavy (non-hydrogen) atoms. The second kappa shape index (κ2) is 7.58. The van der Waals surface area contributed by atoms with Gasteiger partial charge in [0, 0.05) is 37.9 Å². The monoisotopic (exact) mass is 353 g/mol. The Labute approximate surface area is 151 Å². The summed E-state index contributed by atoms with van der Waals surface area (Å²) in [5, 5.41) is 3.35. The lowest BCUT2D eigenvalue weighted by atomic mass is 10.2. The number of nitrogens with one attached hydrogen (secondary N) is 1. The maximum atomic E-state index is 13.8. The predicted octanol–water partition coefficient (Wildman–Crippen LogP) is 3.47. The average Bonchev–Trinajstić information content (AvgIpc) is 3.16. The van der Waals surface area contributed by atoms with Gasteiger partial charge in [0.1, 0.15) is 30.1 Å². The highest BCUT2D eigenvalue weighted by atomic mass is 19.1. The zero-order chi connectivity index (χ0) is 17.8. The first kappa shape index (κ1) is 16.6. The number of oxazole rings is 1. The molecule has 0 saturated carbocycles. The number of hydrogen-bond donors (Lipinski definition) is 1. The van der Waals surface area contributed by atoms with Crippen LogP contribution in [0.2, 0.25) is 0 Å². The zero-order valence-corrected chi connectivity index (χ0v) is 14.3. The highest BCUT2D eigenvalue weighted by Crippen LogP contribution is 2.24. The molecule has 5 nitrogen and oxygen atoms in total. The Morgan fingerprint density at radius 2 is 1.96 bits per heavy atom. The first-order chi connectivity index (χ1) is 12.8. The molecule has 0 amide bonds. The van der Waals surface area contributed by atoms with Crippen molar-refractivity contribution in [3.05, 3.63) is 66.3 Å². The van der Waals surface area contributed by atoms with Crippen LogP contribution < -0.4 is 15.0 Å². The third-order valence-electron chi connectivity index (χ3n) is 4.34. The number of aromatic nitrogens is 1. The van der Waals surface area contributed by atoms with Gasteiger partial charge in [0.25, 0.3) is 0 Å². The number of piperazine rings is 1. The second-order valence-electron chi connectivity index (χ2n) is 6.15. The van der Waals surface area contributed by atoms with Crippen molar-refractivity contribution in [2.75, 3.05) is 31.1 Å². The minimum absolute atomic E-state index is 0.260. The van der Waals surface area contributed by atoms with Crippen LogP contribution in [0.15, 0.2) is 59.2 Å². The molecule has 1 N–H and O–H groups in total. The van der Waals surface area contributed by atoms with Crippen molar-refractivity contribution in [3.8, 4) is 17.2 Å². The van der Waals surface area contributed by atoms with Gasteiger partial charge in [-0.05, 0) is 24.3 Å². The molecule has 0 bridgehead atoms. The molecule has 6 heteroatoms. The Balaban J connectivity index is 1.42. The van der Waals surface area contributed by atoms with Gasteiger partial charge in [-0.15, -0.1) is 0 Å². The summed E-state index contributed by atoms with van der Waals surface area (Å²) in [4.78, 5) is 6.65. The van der Waals surface area contributed by atoms with Crippen molar-refractivity contribution in [1.82, 2.24) is 10.3 Å². The quantitative estimate of drug-likeness (QED) is 0.761. The van der Waals surface area contributed by atoms with Gasteiger partial charge >= 0.3 is 0 Å². The molecular weight excluding hydrogens is 333 g/mol. The van der Waals surface area contributed by atoms with Gasteiger partial charge < -0.3 is 19.4 Å². The van der Waals surface area contributed by atoms with Crippen LogP contribution >= 0.6 is 0 Å². The number of hydrogen-bond acceptors (Lipinski definition) is 5. The molecule has 0 aliphatic carbocycles. The fourth-order valence-electron chi connectivity index (χ4n) is 2.98. The van der Waals surface area contributed by atoms with Gasteiger partial charge in [0.2, 0.25) is 5.89 Å². The predicted molar refractivity (Wildman–Crippen MR) is 97.8 cm³/mol. The van der Waals surface area contributed by atoms with Crippen molar-refractivity contribution in [1.29, 1.82) is 0 Å². The molecule has 134 valence electrons. The third kappa shape index (κ3) is 3.70. The van der Waals surface area contributed by atoms with Gasteiger partial charge in [0.15, 0.2) is 0 Å². The SMILES string of the molecule is Fc1ccccc1-c1nc(COc2cccc(N3CCNCC3)c2)co1. The summed E-state index contributed by atoms with van der Waals surface area (Å²) in [7, 11) is 0. The van der Waals surface area contributed by atoms with E-state index in [1.165, 1.54) is 12.3 Å². The zero-order valence-electron chi connectivity index (χ0n) is 14.3. The summed E-state index contributed by atoms with van der Waals surface area (Å²) in [5.41, 5.74) is 2.12. The second-order valence-corrected chi connectivity index (χ2v) is 6.15. The normalized spacial score (nSPS) is 14.4. The largest absolute Gasteiger partial charge is 0.487 e. The Morgan fingerprint density at radius 1 is 1.12 bits per heavy atom. The lowest BCUT2D eigenvalue weighted by Gasteiger charge is -2.29. The van der Waals surface area contributed by atoms with E-state index in [1.807, 2.05) is 18.2 Å². The van der Waals surface area contributed by atoms with E-state index in [0.29, 0.717) is 11.3 Å². The minimum atomic E-state index is -0.356. The van der Waals surface area contributed by atoms with Gasteiger partial charge in [-0.3, -0.25) is 0 Å². The molecule has 2 aromatic carbocycles. The molecule has 0 atom stereocenters. The standard InChI is InChI=1S/C20H20FN3O2/c21-19-7-2-1-6-18(19)20-23-15(14-26-20)13-25-17-5-3-4-16(12-17)24-10-8-22-9-11-24/h1-7,12,14,22H,8-11,13H2. The Morgan fingerprint density at radius 3 is 2.81 bits per heavy atom. The Hall–Kier alpha value is -2.86. The van der Waals surface area contributed by atoms with Gasteiger partial charge in [-0.2, -0.15) is 0 Å². The van der Waals surface area contributed by atoms with Crippen LogP contribution in [-0.2, 0) is 6.61 Å². The summed E-state index contributed by atoms with van der Waals surface area (Å²) in [6, 6.07) is 14.4. The Kier molecular flexibility index (Phi) is 4.84. The molecule has 0 spiro atoms. The lowest BCUT2D eigenvalue weighted by Crippen LogP contribution is -2.43. The lowest BCUT2D eigenvalue weighted by molar-refractivity contribution is 0.301. The van der Waals surface area contributed by atoms with Crippen LogP contribution in [0.25, 0.3) is 11.5 Å². The minimum Gasteiger partial charge on any atom is -0.487 e. The smallest absolute Gasteiger partial charge is 0.229 e. The van der Waals surface area contributed by atoms with Crippen molar-refractivity contribution >= 4 is 5.69 Å². The van der Waals surface area contributed by atoms with Crippen LogP contribution in [0.5, 0.6) is 5.75 Å². The maximum Gasteiger partial charge on any atom is 0.229 e. The van der Waals surface area contributed by atoms with E-state index in [4.69, 9.17) is 9.15 Å². The molecule has 1 saturated heterocycles. The molecule has 4 rings (SSSR count). The Bertz CT molecular complexity index is 875. The molecule has 1 aromatic heterocycles. The summed E-state index contributed by atoms with van der Waals surface area (Å²) < 4.78 is 25.1. The first-order valence-corrected chi connectivity index (χ1v) is 8.67. The number of benzene rings is 2. The van der Waals surface area contributed by atoms with Crippen LogP contribution in [0.4, 0.5) is 10.1 Å². The van der Waals surface area contributed by atoms with E-state index in [2.05, 4.69) is 21.3 Å². The summed E-state index contributed by atoms with van der Waals surface area (Å²) in [6.07, 6.45) is 1.50. The van der Waals surface area contributed by atoms with Crippen LogP contribution in [-0.4, -0.2) is 31.2 Å². The molecule has 1 aliphatic heterocycles. The topological polar surface area (TPSA) is 50.5 Å². The maximum absolute atomic E-state index is 13.8. The van der Waals surface area contributed by atoms with E-state index < -0.39 is 0 Å². The molecular formula is C20H20FN3O2. The molecule has 1 aliphatic rings. The van der Waals surface area contributed by atoms with E-state index in [1.54, 1.807) is 18.2 Å². The number of ether oxygens (including phenoxy) is 1. The molecule has 3 aromatic rings. The van der Waals surface area contributed by atoms with E-state index >= 15 is 0 Å². The van der Waals surface area contributed by atoms with E-state index in [0.717, 1.165) is 37.6 Å². The fraction of sp³-hybridized carbons (Fsp3) is 0.250. The van der Waals surface area contributed by atoms with Crippen molar-refractivity contribution in [3.63, 3.8) is 0 Å². The molecule has 1 fully saturated rings. The van der Waals surface area contributed by atoms with Gasteiger partial charge in [0.05, 0.1) is 5.56 Å². The number of rotatable bonds is 5. The summed E-state index contributed by atoms with van der Waals surface area (Å²) in [5.74, 6) is 0.679. The highest BCUT2D eigenvalue weighted by Gasteiger charge is 2.13. The van der Waals surface area contributed by atoms with Crippen molar-refractivity contribution < 1.29 is 13.5 Å². The molecule has 0 radical (unpaired) electrons. The van der Waals surface area contributed by atoms with Crippen molar-refractivity contribution in [2.24, 2.45) is 0 Å². The van der Waals surface area contributed by atoms with Crippen molar-refractivity contribution in [2.45, 2.75) is 6.61 Å².